The normalized spacial score (nSPS) is 11.4. The van der Waals surface area contributed by atoms with Crippen LogP contribution in [0.5, 0.6) is 0 Å². The number of carbonyl (C=O) groups is 2. The number of nitrogens with one attached hydrogen (secondary N) is 2. The third-order valence-corrected chi connectivity index (χ3v) is 7.19. The molecule has 0 unspecified atom stereocenters. The van der Waals surface area contributed by atoms with Crippen LogP contribution in [-0.2, 0) is 21.4 Å². The fourth-order valence-electron chi connectivity index (χ4n) is 1.91. The Kier molecular flexibility index (Phi) is 6.93. The van der Waals surface area contributed by atoms with Crippen LogP contribution in [-0.4, -0.2) is 45.2 Å². The van der Waals surface area contributed by atoms with Gasteiger partial charge in [0.05, 0.1) is 13.1 Å². The van der Waals surface area contributed by atoms with Crippen LogP contribution in [0.2, 0.25) is 0 Å². The fraction of sp³-hybridized carbons (Fsp3) is 0.250. The summed E-state index contributed by atoms with van der Waals surface area (Å²) in [6.07, 6.45) is 0. The molecule has 0 aliphatic rings. The first-order chi connectivity index (χ1) is 12.2. The topological polar surface area (TPSA) is 95.6 Å². The second-order valence-electron chi connectivity index (χ2n) is 5.48. The number of hydrogen-bond acceptors (Lipinski definition) is 5. The van der Waals surface area contributed by atoms with Gasteiger partial charge in [-0.05, 0) is 30.3 Å². The minimum atomic E-state index is -3.47. The maximum Gasteiger partial charge on any atom is 0.252 e. The summed E-state index contributed by atoms with van der Waals surface area (Å²) < 4.78 is 26.2. The lowest BCUT2D eigenvalue weighted by molar-refractivity contribution is -0.120. The van der Waals surface area contributed by atoms with Gasteiger partial charge in [0.15, 0.2) is 0 Å². The molecule has 2 amide bonds. The molecule has 0 spiro atoms. The molecule has 0 aliphatic heterocycles. The van der Waals surface area contributed by atoms with Gasteiger partial charge in [-0.25, -0.2) is 12.7 Å². The van der Waals surface area contributed by atoms with Crippen LogP contribution in [0.15, 0.2) is 45.1 Å². The largest absolute Gasteiger partial charge is 0.350 e. The summed E-state index contributed by atoms with van der Waals surface area (Å²) in [4.78, 5) is 24.6. The Morgan fingerprint density at radius 2 is 1.88 bits per heavy atom. The quantitative estimate of drug-likeness (QED) is 0.659. The summed E-state index contributed by atoms with van der Waals surface area (Å²) in [5.74, 6) is -0.712. The van der Waals surface area contributed by atoms with Crippen molar-refractivity contribution in [2.45, 2.75) is 10.8 Å². The maximum atomic E-state index is 12.0. The van der Waals surface area contributed by atoms with Gasteiger partial charge in [0, 0.05) is 29.0 Å². The highest BCUT2D eigenvalue weighted by molar-refractivity contribution is 9.10. The molecule has 140 valence electrons. The molecule has 2 aromatic rings. The van der Waals surface area contributed by atoms with E-state index >= 15 is 0 Å². The predicted molar refractivity (Wildman–Crippen MR) is 104 cm³/mol. The van der Waals surface area contributed by atoms with Gasteiger partial charge in [-0.2, -0.15) is 0 Å². The van der Waals surface area contributed by atoms with Gasteiger partial charge >= 0.3 is 0 Å². The van der Waals surface area contributed by atoms with Crippen molar-refractivity contribution in [1.82, 2.24) is 14.9 Å². The number of halogens is 1. The summed E-state index contributed by atoms with van der Waals surface area (Å²) in [5.41, 5.74) is 0.448. The van der Waals surface area contributed by atoms with E-state index in [0.29, 0.717) is 10.4 Å². The molecule has 2 rings (SSSR count). The summed E-state index contributed by atoms with van der Waals surface area (Å²) in [5, 5.41) is 5.19. The summed E-state index contributed by atoms with van der Waals surface area (Å²) in [6, 6.07) is 10.0. The van der Waals surface area contributed by atoms with Crippen molar-refractivity contribution in [3.05, 3.63) is 51.3 Å². The summed E-state index contributed by atoms with van der Waals surface area (Å²) in [6.45, 7) is 0.0266. The second-order valence-corrected chi connectivity index (χ2v) is 9.94. The molecule has 26 heavy (non-hydrogen) atoms. The Morgan fingerprint density at radius 3 is 2.54 bits per heavy atom. The summed E-state index contributed by atoms with van der Waals surface area (Å²) in [7, 11) is -0.546. The zero-order chi connectivity index (χ0) is 19.3. The highest BCUT2D eigenvalue weighted by Crippen LogP contribution is 2.23. The molecule has 7 nitrogen and oxygen atoms in total. The fourth-order valence-corrected chi connectivity index (χ4v) is 4.78. The van der Waals surface area contributed by atoms with Gasteiger partial charge in [0.1, 0.15) is 4.21 Å². The number of rotatable bonds is 7. The smallest absolute Gasteiger partial charge is 0.252 e. The Morgan fingerprint density at radius 1 is 1.15 bits per heavy atom. The second kappa shape index (κ2) is 8.76. The van der Waals surface area contributed by atoms with Gasteiger partial charge in [-0.1, -0.05) is 22.0 Å². The van der Waals surface area contributed by atoms with Crippen LogP contribution >= 0.6 is 27.3 Å². The Balaban J connectivity index is 1.84. The van der Waals surface area contributed by atoms with Crippen molar-refractivity contribution in [2.75, 3.05) is 20.6 Å². The third kappa shape index (κ3) is 5.37. The highest BCUT2D eigenvalue weighted by Gasteiger charge is 2.19. The van der Waals surface area contributed by atoms with Crippen LogP contribution < -0.4 is 10.6 Å². The number of hydrogen-bond donors (Lipinski definition) is 2. The van der Waals surface area contributed by atoms with Crippen molar-refractivity contribution in [2.24, 2.45) is 0 Å². The van der Waals surface area contributed by atoms with Gasteiger partial charge in [-0.15, -0.1) is 11.3 Å². The zero-order valence-corrected chi connectivity index (χ0v) is 17.4. The van der Waals surface area contributed by atoms with Gasteiger partial charge in [0.25, 0.3) is 15.9 Å². The van der Waals surface area contributed by atoms with E-state index in [1.807, 2.05) is 0 Å². The molecule has 1 heterocycles. The molecule has 0 bridgehead atoms. The van der Waals surface area contributed by atoms with E-state index in [9.17, 15) is 18.0 Å². The SMILES string of the molecule is CN(C)S(=O)(=O)c1ccc(CNC(=O)CNC(=O)c2cccc(Br)c2)s1. The lowest BCUT2D eigenvalue weighted by Gasteiger charge is -2.08. The molecule has 0 radical (unpaired) electrons. The Hall–Kier alpha value is -1.75. The van der Waals surface area contributed by atoms with E-state index in [-0.39, 0.29) is 29.1 Å². The summed E-state index contributed by atoms with van der Waals surface area (Å²) >= 11 is 4.38. The van der Waals surface area contributed by atoms with Gasteiger partial charge in [0.2, 0.25) is 5.91 Å². The van der Waals surface area contributed by atoms with E-state index in [2.05, 4.69) is 26.6 Å². The average molecular weight is 460 g/mol. The minimum absolute atomic E-state index is 0.167. The molecule has 0 saturated heterocycles. The first-order valence-corrected chi connectivity index (χ1v) is 10.6. The molecular weight excluding hydrogens is 442 g/mol. The monoisotopic (exact) mass is 459 g/mol. The van der Waals surface area contributed by atoms with Crippen LogP contribution in [0.1, 0.15) is 15.2 Å². The molecule has 1 aromatic carbocycles. The van der Waals surface area contributed by atoms with E-state index in [1.54, 1.807) is 30.3 Å². The van der Waals surface area contributed by atoms with Crippen LogP contribution in [0.3, 0.4) is 0 Å². The van der Waals surface area contributed by atoms with Crippen LogP contribution in [0.4, 0.5) is 0 Å². The number of thiophene rings is 1. The number of amides is 2. The van der Waals surface area contributed by atoms with Crippen molar-refractivity contribution in [3.63, 3.8) is 0 Å². The molecular formula is C16H18BrN3O4S2. The Bertz CT molecular complexity index is 910. The van der Waals surface area contributed by atoms with E-state index in [4.69, 9.17) is 0 Å². The number of nitrogens with zero attached hydrogens (tertiary/aromatic N) is 1. The average Bonchev–Trinajstić information content (AvgIpc) is 3.07. The van der Waals surface area contributed by atoms with Gasteiger partial charge < -0.3 is 10.6 Å². The minimum Gasteiger partial charge on any atom is -0.350 e. The lowest BCUT2D eigenvalue weighted by atomic mass is 10.2. The molecule has 0 saturated carbocycles. The van der Waals surface area contributed by atoms with Crippen LogP contribution in [0.25, 0.3) is 0 Å². The standard InChI is InChI=1S/C16H18BrN3O4S2/c1-20(2)26(23,24)15-7-6-13(25-15)9-18-14(21)10-19-16(22)11-4-3-5-12(17)8-11/h3-8H,9-10H2,1-2H3,(H,18,21)(H,19,22). The maximum absolute atomic E-state index is 12.0. The van der Waals surface area contributed by atoms with Crippen molar-refractivity contribution in [1.29, 1.82) is 0 Å². The van der Waals surface area contributed by atoms with Crippen molar-refractivity contribution >= 4 is 49.1 Å². The molecule has 10 heteroatoms. The number of sulfonamides is 1. The van der Waals surface area contributed by atoms with Crippen LogP contribution in [0, 0.1) is 0 Å². The number of benzene rings is 1. The van der Waals surface area contributed by atoms with Crippen molar-refractivity contribution < 1.29 is 18.0 Å². The van der Waals surface area contributed by atoms with Crippen molar-refractivity contribution in [3.8, 4) is 0 Å². The molecule has 0 fully saturated rings. The Labute approximate surface area is 164 Å². The first kappa shape index (κ1) is 20.6. The number of carbonyl (C=O) groups excluding carboxylic acids is 2. The van der Waals surface area contributed by atoms with E-state index in [1.165, 1.54) is 20.2 Å². The highest BCUT2D eigenvalue weighted by atomic mass is 79.9. The lowest BCUT2D eigenvalue weighted by Crippen LogP contribution is -2.36. The van der Waals surface area contributed by atoms with Gasteiger partial charge in [-0.3, -0.25) is 9.59 Å². The first-order valence-electron chi connectivity index (χ1n) is 7.52. The van der Waals surface area contributed by atoms with E-state index in [0.717, 1.165) is 20.1 Å². The molecule has 0 aliphatic carbocycles. The molecule has 0 atom stereocenters. The third-order valence-electron chi connectivity index (χ3n) is 3.33. The molecule has 2 N–H and O–H groups in total. The van der Waals surface area contributed by atoms with E-state index < -0.39 is 10.0 Å². The molecule has 1 aromatic heterocycles. The predicted octanol–water partition coefficient (Wildman–Crippen LogP) is 1.81. The zero-order valence-electron chi connectivity index (χ0n) is 14.2.